The van der Waals surface area contributed by atoms with Gasteiger partial charge in [-0.15, -0.1) is 0 Å². The van der Waals surface area contributed by atoms with E-state index in [1.54, 1.807) is 4.90 Å². The molecular weight excluding hydrogens is 312 g/mol. The molecule has 4 nitrogen and oxygen atoms in total. The molecule has 3 atom stereocenters. The Morgan fingerprint density at radius 1 is 1.39 bits per heavy atom. The molecule has 2 aliphatic rings. The van der Waals surface area contributed by atoms with Crippen molar-refractivity contribution in [2.45, 2.75) is 44.3 Å². The van der Waals surface area contributed by atoms with Crippen molar-refractivity contribution in [3.8, 4) is 11.8 Å². The zero-order chi connectivity index (χ0) is 16.4. The van der Waals surface area contributed by atoms with E-state index in [1.165, 1.54) is 0 Å². The molecule has 2 fully saturated rings. The number of rotatable bonds is 1. The number of hydrogen-bond acceptors (Lipinski definition) is 2. The Kier molecular flexibility index (Phi) is 4.79. The Hall–Kier alpha value is -1.70. The molecule has 1 aromatic carbocycles. The standard InChI is InChI=1S/C18H21ClN2O2/c1-2-16-17-9-8-15(20(17)10-11-21(16)18(22)23)7-6-13-4-3-5-14(19)12-13/h3-5,12,15-17H,2,8-11H2,1H3,(H,22,23)/t15-,16?,17-/m0/s1. The molecule has 2 aliphatic heterocycles. The minimum atomic E-state index is -0.801. The first-order chi connectivity index (χ1) is 11.1. The highest BCUT2D eigenvalue weighted by molar-refractivity contribution is 6.30. The summed E-state index contributed by atoms with van der Waals surface area (Å²) in [6, 6.07) is 8.17. The highest BCUT2D eigenvalue weighted by Crippen LogP contribution is 2.32. The third-order valence-electron chi connectivity index (χ3n) is 4.88. The highest BCUT2D eigenvalue weighted by Gasteiger charge is 2.43. The van der Waals surface area contributed by atoms with Crippen molar-refractivity contribution in [1.82, 2.24) is 9.80 Å². The van der Waals surface area contributed by atoms with Gasteiger partial charge in [0.15, 0.2) is 0 Å². The quantitative estimate of drug-likeness (QED) is 0.802. The van der Waals surface area contributed by atoms with E-state index in [9.17, 15) is 9.90 Å². The predicted molar refractivity (Wildman–Crippen MR) is 90.7 cm³/mol. The summed E-state index contributed by atoms with van der Waals surface area (Å²) >= 11 is 6.00. The zero-order valence-corrected chi connectivity index (χ0v) is 14.0. The molecule has 0 bridgehead atoms. The van der Waals surface area contributed by atoms with Gasteiger partial charge in [-0.3, -0.25) is 4.90 Å². The molecule has 2 saturated heterocycles. The van der Waals surface area contributed by atoms with E-state index in [0.717, 1.165) is 31.4 Å². The number of carboxylic acid groups (broad SMARTS) is 1. The van der Waals surface area contributed by atoms with Crippen molar-refractivity contribution in [3.63, 3.8) is 0 Å². The number of hydrogen-bond donors (Lipinski definition) is 1. The average molecular weight is 333 g/mol. The summed E-state index contributed by atoms with van der Waals surface area (Å²) in [6.07, 6.45) is 2.06. The van der Waals surface area contributed by atoms with Gasteiger partial charge in [0.1, 0.15) is 0 Å². The molecule has 5 heteroatoms. The molecule has 122 valence electrons. The minimum Gasteiger partial charge on any atom is -0.465 e. The lowest BCUT2D eigenvalue weighted by Crippen LogP contribution is -2.59. The van der Waals surface area contributed by atoms with Crippen molar-refractivity contribution in [2.24, 2.45) is 0 Å². The average Bonchev–Trinajstić information content (AvgIpc) is 2.95. The van der Waals surface area contributed by atoms with Crippen LogP contribution in [0.4, 0.5) is 4.79 Å². The number of halogens is 1. The second-order valence-electron chi connectivity index (χ2n) is 6.13. The first kappa shape index (κ1) is 16.2. The van der Waals surface area contributed by atoms with E-state index < -0.39 is 6.09 Å². The molecular formula is C18H21ClN2O2. The molecule has 1 amide bonds. The second-order valence-corrected chi connectivity index (χ2v) is 6.57. The lowest BCUT2D eigenvalue weighted by molar-refractivity contribution is 0.0347. The van der Waals surface area contributed by atoms with Gasteiger partial charge < -0.3 is 10.0 Å². The van der Waals surface area contributed by atoms with Crippen LogP contribution in [0, 0.1) is 11.8 Å². The predicted octanol–water partition coefficient (Wildman–Crippen LogP) is 3.30. The van der Waals surface area contributed by atoms with Crippen molar-refractivity contribution in [1.29, 1.82) is 0 Å². The summed E-state index contributed by atoms with van der Waals surface area (Å²) in [5.74, 6) is 6.59. The topological polar surface area (TPSA) is 43.8 Å². The minimum absolute atomic E-state index is 0.0826. The Morgan fingerprint density at radius 3 is 2.91 bits per heavy atom. The fraction of sp³-hybridized carbons (Fsp3) is 0.500. The molecule has 0 radical (unpaired) electrons. The van der Waals surface area contributed by atoms with Crippen LogP contribution in [0.2, 0.25) is 5.02 Å². The van der Waals surface area contributed by atoms with Crippen LogP contribution in [0.1, 0.15) is 31.7 Å². The summed E-state index contributed by atoms with van der Waals surface area (Å²) in [5.41, 5.74) is 0.928. The number of carbonyl (C=O) groups is 1. The first-order valence-electron chi connectivity index (χ1n) is 8.12. The number of benzene rings is 1. The van der Waals surface area contributed by atoms with E-state index in [2.05, 4.69) is 23.7 Å². The van der Waals surface area contributed by atoms with Crippen LogP contribution in [0.3, 0.4) is 0 Å². The molecule has 1 unspecified atom stereocenters. The fourth-order valence-electron chi connectivity index (χ4n) is 3.84. The second kappa shape index (κ2) is 6.82. The van der Waals surface area contributed by atoms with Gasteiger partial charge in [-0.2, -0.15) is 0 Å². The monoisotopic (exact) mass is 332 g/mol. The van der Waals surface area contributed by atoms with Crippen LogP contribution in [-0.2, 0) is 0 Å². The van der Waals surface area contributed by atoms with E-state index in [-0.39, 0.29) is 12.1 Å². The normalized spacial score (nSPS) is 27.2. The zero-order valence-electron chi connectivity index (χ0n) is 13.2. The third kappa shape index (κ3) is 3.31. The Balaban J connectivity index is 1.75. The van der Waals surface area contributed by atoms with Gasteiger partial charge in [0.2, 0.25) is 0 Å². The largest absolute Gasteiger partial charge is 0.465 e. The molecule has 0 aliphatic carbocycles. The molecule has 2 heterocycles. The van der Waals surface area contributed by atoms with Crippen molar-refractivity contribution in [3.05, 3.63) is 34.9 Å². The van der Waals surface area contributed by atoms with Crippen LogP contribution in [0.25, 0.3) is 0 Å². The number of fused-ring (bicyclic) bond motifs is 1. The van der Waals surface area contributed by atoms with Crippen LogP contribution in [0.5, 0.6) is 0 Å². The van der Waals surface area contributed by atoms with Gasteiger partial charge in [-0.05, 0) is 37.5 Å². The third-order valence-corrected chi connectivity index (χ3v) is 5.11. The Morgan fingerprint density at radius 2 is 2.22 bits per heavy atom. The van der Waals surface area contributed by atoms with Crippen molar-refractivity contribution >= 4 is 17.7 Å². The summed E-state index contributed by atoms with van der Waals surface area (Å²) < 4.78 is 0. The molecule has 0 spiro atoms. The molecule has 1 N–H and O–H groups in total. The summed E-state index contributed by atoms with van der Waals surface area (Å²) in [4.78, 5) is 15.4. The van der Waals surface area contributed by atoms with E-state index in [0.29, 0.717) is 17.6 Å². The lowest BCUT2D eigenvalue weighted by Gasteiger charge is -2.44. The maximum absolute atomic E-state index is 11.4. The first-order valence-corrected chi connectivity index (χ1v) is 8.50. The number of piperazine rings is 1. The van der Waals surface area contributed by atoms with Crippen molar-refractivity contribution < 1.29 is 9.90 Å². The summed E-state index contributed by atoms with van der Waals surface area (Å²) in [5, 5.41) is 10.1. The molecule has 3 rings (SSSR count). The smallest absolute Gasteiger partial charge is 0.407 e. The van der Waals surface area contributed by atoms with Gasteiger partial charge in [-0.25, -0.2) is 4.79 Å². The lowest BCUT2D eigenvalue weighted by atomic mass is 9.99. The number of amides is 1. The van der Waals surface area contributed by atoms with E-state index in [4.69, 9.17) is 11.6 Å². The maximum Gasteiger partial charge on any atom is 0.407 e. The highest BCUT2D eigenvalue weighted by atomic mass is 35.5. The van der Waals surface area contributed by atoms with Gasteiger partial charge in [-0.1, -0.05) is 36.4 Å². The summed E-state index contributed by atoms with van der Waals surface area (Å²) in [6.45, 7) is 3.40. The molecule has 1 aromatic rings. The van der Waals surface area contributed by atoms with Crippen LogP contribution < -0.4 is 0 Å². The van der Waals surface area contributed by atoms with Crippen LogP contribution in [-0.4, -0.2) is 52.2 Å². The SMILES string of the molecule is CCC1[C@@H]2CC[C@H](C#Cc3cccc(Cl)c3)N2CCN1C(=O)O. The van der Waals surface area contributed by atoms with Gasteiger partial charge in [0, 0.05) is 29.7 Å². The van der Waals surface area contributed by atoms with Crippen molar-refractivity contribution in [2.75, 3.05) is 13.1 Å². The van der Waals surface area contributed by atoms with Crippen LogP contribution >= 0.6 is 11.6 Å². The molecule has 0 aromatic heterocycles. The van der Waals surface area contributed by atoms with Gasteiger partial charge >= 0.3 is 6.09 Å². The van der Waals surface area contributed by atoms with Gasteiger partial charge in [0.05, 0.1) is 12.1 Å². The van der Waals surface area contributed by atoms with E-state index in [1.807, 2.05) is 24.3 Å². The van der Waals surface area contributed by atoms with Gasteiger partial charge in [0.25, 0.3) is 0 Å². The fourth-order valence-corrected chi connectivity index (χ4v) is 4.03. The van der Waals surface area contributed by atoms with Crippen LogP contribution in [0.15, 0.2) is 24.3 Å². The maximum atomic E-state index is 11.4. The summed E-state index contributed by atoms with van der Waals surface area (Å²) in [7, 11) is 0. The Bertz CT molecular complexity index is 652. The number of nitrogens with zero attached hydrogens (tertiary/aromatic N) is 2. The van der Waals surface area contributed by atoms with E-state index >= 15 is 0 Å². The molecule has 0 saturated carbocycles. The molecule has 23 heavy (non-hydrogen) atoms. The Labute approximate surface area is 142 Å².